The lowest BCUT2D eigenvalue weighted by Crippen LogP contribution is -2.46. The highest BCUT2D eigenvalue weighted by atomic mass is 16.7. The Morgan fingerprint density at radius 3 is 2.48 bits per heavy atom. The number of ether oxygens (including phenoxy) is 1. The van der Waals surface area contributed by atoms with Gasteiger partial charge in [-0.1, -0.05) is 19.3 Å². The molecule has 12 nitrogen and oxygen atoms in total. The zero-order valence-electron chi connectivity index (χ0n) is 17.1. The molecule has 0 aliphatic carbocycles. The minimum atomic E-state index is -0.856. The molecule has 2 amide bonds. The summed E-state index contributed by atoms with van der Waals surface area (Å²) in [7, 11) is 1.27. The second-order valence-electron chi connectivity index (χ2n) is 6.70. The smallest absolute Gasteiger partial charge is 0.305 e. The van der Waals surface area contributed by atoms with Crippen LogP contribution in [0, 0.1) is 28.0 Å². The quantitative estimate of drug-likeness (QED) is 0.0668. The normalized spacial score (nSPS) is 11.3. The molecule has 0 saturated carbocycles. The topological polar surface area (TPSA) is 176 Å². The zero-order chi connectivity index (χ0) is 22.2. The second-order valence-corrected chi connectivity index (χ2v) is 6.70. The Labute approximate surface area is 170 Å². The van der Waals surface area contributed by atoms with Gasteiger partial charge in [-0.2, -0.15) is 0 Å². The number of carbonyl (C=O) groups excluding carboxylic acids is 3. The van der Waals surface area contributed by atoms with Crippen LogP contribution in [0.1, 0.15) is 52.4 Å². The van der Waals surface area contributed by atoms with Crippen molar-refractivity contribution < 1.29 is 24.2 Å². The molecule has 12 heteroatoms. The summed E-state index contributed by atoms with van der Waals surface area (Å²) in [4.78, 5) is 45.8. The van der Waals surface area contributed by atoms with E-state index in [0.717, 1.165) is 0 Å². The lowest BCUT2D eigenvalue weighted by Gasteiger charge is -2.19. The van der Waals surface area contributed by atoms with Crippen molar-refractivity contribution in [3.8, 4) is 0 Å². The van der Waals surface area contributed by atoms with Crippen LogP contribution in [-0.2, 0) is 19.1 Å². The van der Waals surface area contributed by atoms with Gasteiger partial charge in [-0.3, -0.25) is 19.8 Å². The number of methoxy groups -OCH3 is 1. The van der Waals surface area contributed by atoms with Crippen molar-refractivity contribution in [1.82, 2.24) is 21.4 Å². The van der Waals surface area contributed by atoms with Crippen LogP contribution >= 0.6 is 0 Å². The number of guanidine groups is 1. The third-order valence-corrected chi connectivity index (χ3v) is 3.67. The van der Waals surface area contributed by atoms with Crippen molar-refractivity contribution in [2.45, 2.75) is 58.4 Å². The summed E-state index contributed by atoms with van der Waals surface area (Å²) >= 11 is 0. The first kappa shape index (κ1) is 26.1. The number of nitrogens with one attached hydrogen (secondary N) is 5. The van der Waals surface area contributed by atoms with E-state index in [0.29, 0.717) is 25.2 Å². The van der Waals surface area contributed by atoms with Gasteiger partial charge in [0.05, 0.1) is 7.11 Å². The summed E-state index contributed by atoms with van der Waals surface area (Å²) in [6, 6.07) is -0.802. The van der Waals surface area contributed by atoms with Gasteiger partial charge < -0.3 is 20.7 Å². The van der Waals surface area contributed by atoms with Crippen molar-refractivity contribution in [3.63, 3.8) is 0 Å². The van der Waals surface area contributed by atoms with Crippen LogP contribution in [-0.4, -0.2) is 48.5 Å². The van der Waals surface area contributed by atoms with E-state index in [9.17, 15) is 24.5 Å². The molecule has 0 heterocycles. The summed E-state index contributed by atoms with van der Waals surface area (Å²) < 4.78 is 4.51. The van der Waals surface area contributed by atoms with Crippen LogP contribution in [0.15, 0.2) is 0 Å². The van der Waals surface area contributed by atoms with Crippen molar-refractivity contribution in [2.24, 2.45) is 5.92 Å². The SMILES string of the molecule is COC(=O)CCCC(=O)N[C@@H](CCCNC(=N)N[N+](=O)[O-])C(=O)N[CH]CC(C)C. The Kier molecular flexibility index (Phi) is 13.5. The molecule has 0 unspecified atom stereocenters. The zero-order valence-corrected chi connectivity index (χ0v) is 17.1. The number of esters is 1. The van der Waals surface area contributed by atoms with Crippen LogP contribution in [0.3, 0.4) is 0 Å². The van der Waals surface area contributed by atoms with Gasteiger partial charge in [0, 0.05) is 25.9 Å². The highest BCUT2D eigenvalue weighted by Gasteiger charge is 2.20. The van der Waals surface area contributed by atoms with Crippen LogP contribution in [0.2, 0.25) is 0 Å². The van der Waals surface area contributed by atoms with Crippen LogP contribution < -0.4 is 21.4 Å². The molecular weight excluding hydrogens is 384 g/mol. The molecule has 0 spiro atoms. The first-order valence-corrected chi connectivity index (χ1v) is 9.37. The van der Waals surface area contributed by atoms with Gasteiger partial charge in [0.15, 0.2) is 5.03 Å². The number of nitrogens with zero attached hydrogens (tertiary/aromatic N) is 1. The summed E-state index contributed by atoms with van der Waals surface area (Å²) in [6.45, 7) is 5.85. The van der Waals surface area contributed by atoms with E-state index in [1.165, 1.54) is 7.11 Å². The minimum Gasteiger partial charge on any atom is -0.469 e. The number of hydrogen-bond acceptors (Lipinski definition) is 7. The number of hydrazine groups is 1. The number of amides is 2. The van der Waals surface area contributed by atoms with E-state index in [-0.39, 0.29) is 37.6 Å². The molecule has 0 aromatic carbocycles. The number of nitro groups is 1. The summed E-state index contributed by atoms with van der Waals surface area (Å²) in [5, 5.41) is 24.5. The van der Waals surface area contributed by atoms with Gasteiger partial charge in [-0.15, -0.1) is 0 Å². The van der Waals surface area contributed by atoms with Gasteiger partial charge in [-0.05, 0) is 31.6 Å². The maximum atomic E-state index is 12.4. The van der Waals surface area contributed by atoms with Gasteiger partial charge >= 0.3 is 5.97 Å². The highest BCUT2D eigenvalue weighted by Crippen LogP contribution is 2.04. The molecule has 0 aromatic heterocycles. The Hall–Kier alpha value is -2.92. The molecule has 0 fully saturated rings. The fraction of sp³-hybridized carbons (Fsp3) is 0.706. The van der Waals surface area contributed by atoms with Crippen LogP contribution in [0.5, 0.6) is 0 Å². The predicted molar refractivity (Wildman–Crippen MR) is 105 cm³/mol. The Balaban J connectivity index is 4.53. The molecule has 1 radical (unpaired) electrons. The van der Waals surface area contributed by atoms with E-state index in [1.54, 1.807) is 12.0 Å². The fourth-order valence-corrected chi connectivity index (χ4v) is 2.18. The number of carbonyl (C=O) groups is 3. The van der Waals surface area contributed by atoms with E-state index < -0.39 is 23.0 Å². The van der Waals surface area contributed by atoms with E-state index in [4.69, 9.17) is 5.41 Å². The molecule has 0 saturated heterocycles. The first-order chi connectivity index (χ1) is 13.6. The van der Waals surface area contributed by atoms with E-state index in [2.05, 4.69) is 20.7 Å². The summed E-state index contributed by atoms with van der Waals surface area (Å²) in [6.07, 6.45) is 1.81. The molecule has 0 bridgehead atoms. The molecule has 29 heavy (non-hydrogen) atoms. The fourth-order valence-electron chi connectivity index (χ4n) is 2.18. The molecule has 5 N–H and O–H groups in total. The molecule has 0 rings (SSSR count). The van der Waals surface area contributed by atoms with Gasteiger partial charge in [0.2, 0.25) is 11.8 Å². The molecule has 165 valence electrons. The van der Waals surface area contributed by atoms with Gasteiger partial charge in [0.25, 0.3) is 5.96 Å². The molecule has 0 aliphatic rings. The highest BCUT2D eigenvalue weighted by molar-refractivity contribution is 5.88. The average Bonchev–Trinajstić information content (AvgIpc) is 2.62. The monoisotopic (exact) mass is 415 g/mol. The van der Waals surface area contributed by atoms with Crippen molar-refractivity contribution in [1.29, 1.82) is 5.41 Å². The number of hydrogen-bond donors (Lipinski definition) is 5. The third kappa shape index (κ3) is 14.8. The predicted octanol–water partition coefficient (Wildman–Crippen LogP) is 0.224. The summed E-state index contributed by atoms with van der Waals surface area (Å²) in [5.74, 6) is -1.24. The van der Waals surface area contributed by atoms with E-state index >= 15 is 0 Å². The molecule has 1 atom stereocenters. The standard InChI is InChI=1S/C17H31N6O6/c1-12(2)9-11-19-16(26)13(6-5-10-20-17(18)22-23(27)28)21-14(24)7-4-8-15(25)29-3/h11-13H,4-10H2,1-3H3,(H,19,26)(H,21,24)(H3,18,20,22)/t13-/m0/s1. The van der Waals surface area contributed by atoms with E-state index in [1.807, 2.05) is 13.8 Å². The second kappa shape index (κ2) is 15.1. The van der Waals surface area contributed by atoms with Crippen molar-refractivity contribution >= 4 is 23.7 Å². The van der Waals surface area contributed by atoms with Gasteiger partial charge in [0.1, 0.15) is 6.04 Å². The molecule has 0 aliphatic heterocycles. The lowest BCUT2D eigenvalue weighted by molar-refractivity contribution is -0.525. The first-order valence-electron chi connectivity index (χ1n) is 9.37. The Morgan fingerprint density at radius 2 is 1.90 bits per heavy atom. The Bertz CT molecular complexity index is 569. The van der Waals surface area contributed by atoms with Gasteiger partial charge in [-0.25, -0.2) is 10.1 Å². The summed E-state index contributed by atoms with van der Waals surface area (Å²) in [5.41, 5.74) is 1.66. The largest absolute Gasteiger partial charge is 0.469 e. The molecular formula is C17H31N6O6. The number of rotatable bonds is 14. The van der Waals surface area contributed by atoms with Crippen LogP contribution in [0.25, 0.3) is 0 Å². The maximum Gasteiger partial charge on any atom is 0.305 e. The van der Waals surface area contributed by atoms with Crippen molar-refractivity contribution in [3.05, 3.63) is 16.7 Å². The average molecular weight is 415 g/mol. The van der Waals surface area contributed by atoms with Crippen molar-refractivity contribution in [2.75, 3.05) is 13.7 Å². The maximum absolute atomic E-state index is 12.4. The Morgan fingerprint density at radius 1 is 1.21 bits per heavy atom. The third-order valence-electron chi connectivity index (χ3n) is 3.67. The van der Waals surface area contributed by atoms with Crippen LogP contribution in [0.4, 0.5) is 0 Å². The lowest BCUT2D eigenvalue weighted by atomic mass is 10.1. The minimum absolute atomic E-state index is 0.0736. The molecule has 0 aromatic rings.